The number of aromatic nitrogens is 1. The Morgan fingerprint density at radius 2 is 1.89 bits per heavy atom. The molecule has 2 aromatic rings. The summed E-state index contributed by atoms with van der Waals surface area (Å²) in [6, 6.07) is 9.74. The third-order valence-corrected chi connectivity index (χ3v) is 2.68. The van der Waals surface area contributed by atoms with Crippen LogP contribution in [-0.4, -0.2) is 23.4 Å². The van der Waals surface area contributed by atoms with E-state index in [0.717, 1.165) is 11.1 Å². The van der Waals surface area contributed by atoms with Crippen molar-refractivity contribution in [2.24, 2.45) is 0 Å². The molecular weight excluding hydrogens is 246 g/mol. The summed E-state index contributed by atoms with van der Waals surface area (Å²) in [6.07, 6.45) is 2.26. The van der Waals surface area contributed by atoms with Gasteiger partial charge in [-0.05, 0) is 35.4 Å². The highest BCUT2D eigenvalue weighted by molar-refractivity contribution is 5.75. The molecule has 0 atom stereocenters. The minimum Gasteiger partial charge on any atom is -0.303 e. The van der Waals surface area contributed by atoms with Gasteiger partial charge in [0.1, 0.15) is 5.82 Å². The van der Waals surface area contributed by atoms with Crippen LogP contribution >= 0.6 is 0 Å². The van der Waals surface area contributed by atoms with Crippen LogP contribution < -0.4 is 4.90 Å². The molecule has 1 aromatic carbocycles. The lowest BCUT2D eigenvalue weighted by Crippen LogP contribution is -2.14. The van der Waals surface area contributed by atoms with E-state index in [-0.39, 0.29) is 5.69 Å². The van der Waals surface area contributed by atoms with Crippen molar-refractivity contribution in [3.05, 3.63) is 52.7 Å². The van der Waals surface area contributed by atoms with Crippen LogP contribution in [0.15, 0.2) is 42.6 Å². The fraction of sp³-hybridized carbons (Fsp3) is 0.0769. The zero-order valence-electron chi connectivity index (χ0n) is 10.2. The third-order valence-electron chi connectivity index (χ3n) is 2.68. The summed E-state index contributed by atoms with van der Waals surface area (Å²) in [5.74, 6) is 0.519. The summed E-state index contributed by atoms with van der Waals surface area (Å²) in [4.78, 5) is 26.2. The third kappa shape index (κ3) is 2.74. The number of hydrogen-bond acceptors (Lipinski definition) is 4. The quantitative estimate of drug-likeness (QED) is 0.478. The first-order chi connectivity index (χ1) is 9.11. The van der Waals surface area contributed by atoms with E-state index < -0.39 is 4.92 Å². The van der Waals surface area contributed by atoms with Gasteiger partial charge in [0.2, 0.25) is 6.41 Å². The molecule has 6 heteroatoms. The fourth-order valence-corrected chi connectivity index (χ4v) is 1.62. The van der Waals surface area contributed by atoms with E-state index in [1.165, 1.54) is 17.0 Å². The van der Waals surface area contributed by atoms with Crippen LogP contribution in [-0.2, 0) is 4.79 Å². The van der Waals surface area contributed by atoms with Gasteiger partial charge < -0.3 is 4.90 Å². The van der Waals surface area contributed by atoms with Crippen molar-refractivity contribution in [3.8, 4) is 11.1 Å². The van der Waals surface area contributed by atoms with Crippen molar-refractivity contribution in [3.63, 3.8) is 0 Å². The van der Waals surface area contributed by atoms with Gasteiger partial charge in [-0.25, -0.2) is 4.98 Å². The van der Waals surface area contributed by atoms with Crippen LogP contribution in [0, 0.1) is 10.1 Å². The molecule has 0 radical (unpaired) electrons. The van der Waals surface area contributed by atoms with Gasteiger partial charge in [-0.2, -0.15) is 0 Å². The number of nitro groups is 1. The lowest BCUT2D eigenvalue weighted by atomic mass is 10.1. The summed E-state index contributed by atoms with van der Waals surface area (Å²) >= 11 is 0. The zero-order chi connectivity index (χ0) is 13.8. The van der Waals surface area contributed by atoms with Crippen LogP contribution in [0.25, 0.3) is 11.1 Å². The molecule has 0 bridgehead atoms. The van der Waals surface area contributed by atoms with E-state index in [0.29, 0.717) is 12.2 Å². The number of rotatable bonds is 4. The van der Waals surface area contributed by atoms with E-state index in [1.54, 1.807) is 37.5 Å². The normalized spacial score (nSPS) is 9.95. The molecule has 0 unspecified atom stereocenters. The average Bonchev–Trinajstić information content (AvgIpc) is 2.46. The zero-order valence-corrected chi connectivity index (χ0v) is 10.2. The first kappa shape index (κ1) is 12.7. The van der Waals surface area contributed by atoms with Gasteiger partial charge in [0, 0.05) is 25.4 Å². The van der Waals surface area contributed by atoms with Crippen molar-refractivity contribution in [2.45, 2.75) is 0 Å². The van der Waals surface area contributed by atoms with Gasteiger partial charge in [-0.3, -0.25) is 14.9 Å². The molecule has 0 saturated heterocycles. The molecule has 0 aliphatic heterocycles. The Bertz CT molecular complexity index is 611. The van der Waals surface area contributed by atoms with Crippen molar-refractivity contribution in [2.75, 3.05) is 11.9 Å². The Morgan fingerprint density at radius 1 is 1.21 bits per heavy atom. The molecule has 0 spiro atoms. The smallest absolute Gasteiger partial charge is 0.269 e. The first-order valence-corrected chi connectivity index (χ1v) is 5.51. The number of carbonyl (C=O) groups excluding carboxylic acids is 1. The van der Waals surface area contributed by atoms with Gasteiger partial charge >= 0.3 is 0 Å². The summed E-state index contributed by atoms with van der Waals surface area (Å²) in [5, 5.41) is 10.6. The van der Waals surface area contributed by atoms with Crippen LogP contribution in [0.5, 0.6) is 0 Å². The van der Waals surface area contributed by atoms with E-state index in [9.17, 15) is 14.9 Å². The van der Waals surface area contributed by atoms with Gasteiger partial charge in [-0.1, -0.05) is 0 Å². The molecule has 0 N–H and O–H groups in total. The van der Waals surface area contributed by atoms with E-state index in [2.05, 4.69) is 4.98 Å². The summed E-state index contributed by atoms with van der Waals surface area (Å²) < 4.78 is 0. The van der Waals surface area contributed by atoms with Gasteiger partial charge in [0.05, 0.1) is 4.92 Å². The molecule has 96 valence electrons. The standard InChI is InChI=1S/C13H11N3O3/c1-15(9-17)13-8-11(6-7-14-13)10-2-4-12(5-3-10)16(18)19/h2-9H,1H3. The highest BCUT2D eigenvalue weighted by Crippen LogP contribution is 2.24. The number of hydrogen-bond donors (Lipinski definition) is 0. The molecular formula is C13H11N3O3. The molecule has 19 heavy (non-hydrogen) atoms. The summed E-state index contributed by atoms with van der Waals surface area (Å²) in [5.41, 5.74) is 1.71. The Morgan fingerprint density at radius 3 is 2.47 bits per heavy atom. The molecule has 1 amide bonds. The monoisotopic (exact) mass is 257 g/mol. The van der Waals surface area contributed by atoms with Gasteiger partial charge in [-0.15, -0.1) is 0 Å². The van der Waals surface area contributed by atoms with E-state index in [1.807, 2.05) is 0 Å². The van der Waals surface area contributed by atoms with Gasteiger partial charge in [0.15, 0.2) is 0 Å². The number of amides is 1. The molecule has 0 aliphatic carbocycles. The van der Waals surface area contributed by atoms with Crippen LogP contribution in [0.3, 0.4) is 0 Å². The highest BCUT2D eigenvalue weighted by atomic mass is 16.6. The molecule has 6 nitrogen and oxygen atoms in total. The van der Waals surface area contributed by atoms with E-state index >= 15 is 0 Å². The topological polar surface area (TPSA) is 76.3 Å². The minimum absolute atomic E-state index is 0.0445. The number of benzene rings is 1. The SMILES string of the molecule is CN(C=O)c1cc(-c2ccc([N+](=O)[O-])cc2)ccn1. The first-order valence-electron chi connectivity index (χ1n) is 5.51. The maximum absolute atomic E-state index is 10.7. The second-order valence-electron chi connectivity index (χ2n) is 3.92. The summed E-state index contributed by atoms with van der Waals surface area (Å²) in [7, 11) is 1.61. The van der Waals surface area contributed by atoms with Crippen molar-refractivity contribution < 1.29 is 9.72 Å². The molecule has 1 heterocycles. The predicted octanol–water partition coefficient (Wildman–Crippen LogP) is 2.25. The molecule has 2 rings (SSSR count). The lowest BCUT2D eigenvalue weighted by Gasteiger charge is -2.10. The minimum atomic E-state index is -0.443. The average molecular weight is 257 g/mol. The van der Waals surface area contributed by atoms with Crippen LogP contribution in [0.4, 0.5) is 11.5 Å². The highest BCUT2D eigenvalue weighted by Gasteiger charge is 2.07. The number of non-ortho nitro benzene ring substituents is 1. The second kappa shape index (κ2) is 5.26. The Hall–Kier alpha value is -2.76. The number of carbonyl (C=O) groups is 1. The van der Waals surface area contributed by atoms with Crippen LogP contribution in [0.1, 0.15) is 0 Å². The molecule has 0 aliphatic rings. The lowest BCUT2D eigenvalue weighted by molar-refractivity contribution is -0.384. The predicted molar refractivity (Wildman–Crippen MR) is 70.8 cm³/mol. The van der Waals surface area contributed by atoms with Crippen molar-refractivity contribution >= 4 is 17.9 Å². The maximum atomic E-state index is 10.7. The van der Waals surface area contributed by atoms with Gasteiger partial charge in [0.25, 0.3) is 5.69 Å². The maximum Gasteiger partial charge on any atom is 0.269 e. The largest absolute Gasteiger partial charge is 0.303 e. The van der Waals surface area contributed by atoms with Crippen molar-refractivity contribution in [1.29, 1.82) is 0 Å². The Balaban J connectivity index is 2.36. The van der Waals surface area contributed by atoms with Crippen LogP contribution in [0.2, 0.25) is 0 Å². The number of anilines is 1. The molecule has 1 aromatic heterocycles. The van der Waals surface area contributed by atoms with Crippen molar-refractivity contribution in [1.82, 2.24) is 4.98 Å². The Kier molecular flexibility index (Phi) is 3.51. The number of pyridine rings is 1. The number of nitrogens with zero attached hydrogens (tertiary/aromatic N) is 3. The van der Waals surface area contributed by atoms with E-state index in [4.69, 9.17) is 0 Å². The summed E-state index contributed by atoms with van der Waals surface area (Å²) in [6.45, 7) is 0. The second-order valence-corrected chi connectivity index (χ2v) is 3.92. The number of nitro benzene ring substituents is 1. The molecule has 0 fully saturated rings. The molecule has 0 saturated carbocycles. The Labute approximate surface area is 109 Å². The fourth-order valence-electron chi connectivity index (χ4n) is 1.62.